The number of benzene rings is 1. The molecule has 0 unspecified atom stereocenters. The zero-order valence-electron chi connectivity index (χ0n) is 25.9. The highest BCUT2D eigenvalue weighted by Crippen LogP contribution is 2.37. The van der Waals surface area contributed by atoms with E-state index in [4.69, 9.17) is 23.9 Å². The summed E-state index contributed by atoms with van der Waals surface area (Å²) >= 11 is 0. The Morgan fingerprint density at radius 3 is 2.05 bits per heavy atom. The number of fused-ring (bicyclic) bond motifs is 1. The topological polar surface area (TPSA) is 72.6 Å². The van der Waals surface area contributed by atoms with Crippen molar-refractivity contribution >= 4 is 39.6 Å². The van der Waals surface area contributed by atoms with Gasteiger partial charge in [0.05, 0.1) is 11.2 Å². The normalized spacial score (nSPS) is 17.3. The lowest BCUT2D eigenvalue weighted by atomic mass is 9.78. The van der Waals surface area contributed by atoms with Crippen LogP contribution in [0.3, 0.4) is 0 Å². The summed E-state index contributed by atoms with van der Waals surface area (Å²) in [4.78, 5) is 4.58. The van der Waals surface area contributed by atoms with Crippen molar-refractivity contribution in [2.24, 2.45) is 0 Å². The summed E-state index contributed by atoms with van der Waals surface area (Å²) in [5, 5.41) is 5.48. The molecule has 3 aromatic rings. The van der Waals surface area contributed by atoms with E-state index in [-0.39, 0.29) is 6.73 Å². The van der Waals surface area contributed by atoms with Gasteiger partial charge in [-0.05, 0) is 39.8 Å². The summed E-state index contributed by atoms with van der Waals surface area (Å²) in [6.45, 7) is 23.5. The Morgan fingerprint density at radius 1 is 0.900 bits per heavy atom. The van der Waals surface area contributed by atoms with Crippen molar-refractivity contribution in [2.45, 2.75) is 104 Å². The maximum absolute atomic E-state index is 16.4. The monoisotopic (exact) mass is 588 g/mol. The molecule has 2 aromatic heterocycles. The van der Waals surface area contributed by atoms with E-state index in [2.05, 4.69) is 44.3 Å². The van der Waals surface area contributed by atoms with Crippen molar-refractivity contribution in [3.63, 3.8) is 0 Å². The second kappa shape index (κ2) is 11.4. The first-order valence-electron chi connectivity index (χ1n) is 14.2. The first-order chi connectivity index (χ1) is 18.5. The fraction of sp³-hybridized carbons (Fsp3) is 0.643. The Bertz CT molecular complexity index is 1310. The van der Waals surface area contributed by atoms with Crippen LogP contribution in [0.25, 0.3) is 22.4 Å². The van der Waals surface area contributed by atoms with Crippen LogP contribution >= 0.6 is 0 Å². The van der Waals surface area contributed by atoms with Crippen molar-refractivity contribution in [1.82, 2.24) is 19.3 Å². The van der Waals surface area contributed by atoms with Crippen LogP contribution in [0.5, 0.6) is 0 Å². The summed E-state index contributed by atoms with van der Waals surface area (Å²) in [6, 6.07) is 5.71. The molecule has 0 aliphatic carbocycles. The molecule has 0 radical (unpaired) electrons. The van der Waals surface area contributed by atoms with Crippen LogP contribution in [0.15, 0.2) is 24.5 Å². The predicted molar refractivity (Wildman–Crippen MR) is 165 cm³/mol. The second-order valence-electron chi connectivity index (χ2n) is 14.2. The third-order valence-corrected chi connectivity index (χ3v) is 11.2. The van der Waals surface area contributed by atoms with Gasteiger partial charge < -0.3 is 23.3 Å². The van der Waals surface area contributed by atoms with Crippen molar-refractivity contribution in [3.8, 4) is 11.5 Å². The van der Waals surface area contributed by atoms with E-state index in [1.165, 1.54) is 0 Å². The summed E-state index contributed by atoms with van der Waals surface area (Å²) < 4.78 is 44.3. The molecule has 40 heavy (non-hydrogen) atoms. The molecule has 4 rings (SSSR count). The van der Waals surface area contributed by atoms with Gasteiger partial charge in [-0.3, -0.25) is 0 Å². The van der Waals surface area contributed by atoms with E-state index < -0.39 is 40.3 Å². The van der Waals surface area contributed by atoms with E-state index in [1.807, 2.05) is 44.5 Å². The molecule has 0 saturated carbocycles. The van der Waals surface area contributed by atoms with Gasteiger partial charge in [0.2, 0.25) is 0 Å². The number of ether oxygens (including phenoxy) is 2. The maximum atomic E-state index is 16.4. The van der Waals surface area contributed by atoms with Gasteiger partial charge in [0.1, 0.15) is 30.5 Å². The lowest BCUT2D eigenvalue weighted by Crippen LogP contribution is -2.41. The van der Waals surface area contributed by atoms with Gasteiger partial charge in [-0.2, -0.15) is 5.10 Å². The summed E-state index contributed by atoms with van der Waals surface area (Å²) in [5.74, 6) is 0.203. The Labute approximate surface area is 240 Å². The van der Waals surface area contributed by atoms with E-state index in [9.17, 15) is 0 Å². The van der Waals surface area contributed by atoms with Gasteiger partial charge in [0, 0.05) is 52.6 Å². The Kier molecular flexibility index (Phi) is 8.90. The van der Waals surface area contributed by atoms with Crippen LogP contribution in [0, 0.1) is 5.82 Å². The fourth-order valence-corrected chi connectivity index (χ4v) is 5.87. The van der Waals surface area contributed by atoms with Crippen LogP contribution in [-0.4, -0.2) is 67.0 Å². The number of hydrogen-bond donors (Lipinski definition) is 0. The average molecular weight is 589 g/mol. The predicted octanol–water partition coefficient (Wildman–Crippen LogP) is 5.96. The molecule has 0 N–H and O–H groups in total. The summed E-state index contributed by atoms with van der Waals surface area (Å²) in [5.41, 5.74) is 0.125. The molecule has 3 heterocycles. The SMILES string of the molecule is CC1(C)OB(c2ccc3c(-c4nccn4COCC[Si](C)(C)C)nn(COCC[Si](C)(C)C)c3c2F)OC1(C)C. The smallest absolute Gasteiger partial charge is 0.399 e. The Balaban J connectivity index is 1.69. The van der Waals surface area contributed by atoms with E-state index in [0.29, 0.717) is 47.8 Å². The van der Waals surface area contributed by atoms with Crippen LogP contribution in [0.1, 0.15) is 27.7 Å². The van der Waals surface area contributed by atoms with Gasteiger partial charge in [-0.1, -0.05) is 51.4 Å². The van der Waals surface area contributed by atoms with Crippen molar-refractivity contribution in [1.29, 1.82) is 0 Å². The maximum Gasteiger partial charge on any atom is 0.497 e. The second-order valence-corrected chi connectivity index (χ2v) is 25.5. The lowest BCUT2D eigenvalue weighted by Gasteiger charge is -2.32. The zero-order chi connectivity index (χ0) is 29.5. The molecule has 1 aliphatic rings. The van der Waals surface area contributed by atoms with Gasteiger partial charge in [-0.25, -0.2) is 14.1 Å². The molecule has 1 aliphatic heterocycles. The molecule has 1 aromatic carbocycles. The zero-order valence-corrected chi connectivity index (χ0v) is 27.9. The number of halogens is 1. The summed E-state index contributed by atoms with van der Waals surface area (Å²) in [7, 11) is -3.30. The third kappa shape index (κ3) is 6.96. The van der Waals surface area contributed by atoms with Crippen LogP contribution < -0.4 is 5.46 Å². The van der Waals surface area contributed by atoms with Crippen molar-refractivity contribution in [2.75, 3.05) is 13.2 Å². The van der Waals surface area contributed by atoms with E-state index >= 15 is 4.39 Å². The van der Waals surface area contributed by atoms with Crippen molar-refractivity contribution in [3.05, 3.63) is 30.3 Å². The molecule has 12 heteroatoms. The minimum absolute atomic E-state index is 0.137. The number of rotatable bonds is 12. The molecule has 8 nitrogen and oxygen atoms in total. The molecule has 0 bridgehead atoms. The molecule has 0 atom stereocenters. The third-order valence-electron chi connectivity index (χ3n) is 7.75. The van der Waals surface area contributed by atoms with Crippen LogP contribution in [-0.2, 0) is 32.2 Å². The molecule has 1 fully saturated rings. The Morgan fingerprint density at radius 2 is 1.48 bits per heavy atom. The van der Waals surface area contributed by atoms with Gasteiger partial charge in [0.15, 0.2) is 5.82 Å². The number of aromatic nitrogens is 4. The first-order valence-corrected chi connectivity index (χ1v) is 21.6. The number of hydrogen-bond acceptors (Lipinski definition) is 6. The molecule has 220 valence electrons. The van der Waals surface area contributed by atoms with Gasteiger partial charge in [-0.15, -0.1) is 0 Å². The minimum atomic E-state index is -1.27. The summed E-state index contributed by atoms with van der Waals surface area (Å²) in [6.07, 6.45) is 3.59. The lowest BCUT2D eigenvalue weighted by molar-refractivity contribution is 0.00578. The molecule has 1 saturated heterocycles. The highest BCUT2D eigenvalue weighted by Gasteiger charge is 2.52. The van der Waals surface area contributed by atoms with E-state index in [1.54, 1.807) is 16.9 Å². The molecule has 0 amide bonds. The highest BCUT2D eigenvalue weighted by molar-refractivity contribution is 6.76. The largest absolute Gasteiger partial charge is 0.497 e. The number of imidazole rings is 1. The Hall–Kier alpha value is -1.83. The molecular weight excluding hydrogens is 542 g/mol. The number of nitrogens with zero attached hydrogens (tertiary/aromatic N) is 4. The molecule has 0 spiro atoms. The minimum Gasteiger partial charge on any atom is -0.399 e. The van der Waals surface area contributed by atoms with Crippen LogP contribution in [0.4, 0.5) is 4.39 Å². The van der Waals surface area contributed by atoms with Gasteiger partial charge in [0.25, 0.3) is 0 Å². The highest BCUT2D eigenvalue weighted by atomic mass is 28.3. The standard InChI is InChI=1S/C28H46BFN4O4Si2/c1-27(2)28(3,4)38-29(37-27)22-12-11-21-24(26-31-13-14-33(26)19-35-15-17-39(5,6)7)32-34(25(21)23(22)30)20-36-16-18-40(8,9)10/h11-14H,15-20H2,1-10H3. The van der Waals surface area contributed by atoms with Crippen molar-refractivity contribution < 1.29 is 23.2 Å². The molecular formula is C28H46BFN4O4Si2. The van der Waals surface area contributed by atoms with E-state index in [0.717, 1.165) is 12.1 Å². The van der Waals surface area contributed by atoms with Crippen LogP contribution in [0.2, 0.25) is 51.4 Å². The average Bonchev–Trinajstić information content (AvgIpc) is 3.47. The quantitative estimate of drug-likeness (QED) is 0.192. The first kappa shape index (κ1) is 31.1. The van der Waals surface area contributed by atoms with Gasteiger partial charge >= 0.3 is 7.12 Å². The fourth-order valence-electron chi connectivity index (χ4n) is 4.36.